The molecule has 0 saturated carbocycles. The van der Waals surface area contributed by atoms with Gasteiger partial charge in [0.25, 0.3) is 0 Å². The third-order valence-electron chi connectivity index (χ3n) is 2.65. The zero-order chi connectivity index (χ0) is 12.6. The summed E-state index contributed by atoms with van der Waals surface area (Å²) in [4.78, 5) is 13.0. The molecule has 5 heteroatoms. The minimum Gasteiger partial charge on any atom is -0.484 e. The SMILES string of the molecule is CC1(C)CN(CC(N)=O)c2c(N)cccc2O1. The van der Waals surface area contributed by atoms with Crippen LogP contribution in [0.3, 0.4) is 0 Å². The van der Waals surface area contributed by atoms with E-state index < -0.39 is 0 Å². The quantitative estimate of drug-likeness (QED) is 0.740. The molecule has 0 radical (unpaired) electrons. The summed E-state index contributed by atoms with van der Waals surface area (Å²) in [5.74, 6) is 0.319. The maximum absolute atomic E-state index is 11.1. The van der Waals surface area contributed by atoms with Crippen molar-refractivity contribution in [3.63, 3.8) is 0 Å². The number of anilines is 2. The van der Waals surface area contributed by atoms with Crippen LogP contribution in [-0.4, -0.2) is 24.6 Å². The van der Waals surface area contributed by atoms with Gasteiger partial charge < -0.3 is 21.1 Å². The molecule has 1 aliphatic heterocycles. The Labute approximate surface area is 100 Å². The summed E-state index contributed by atoms with van der Waals surface area (Å²) in [6, 6.07) is 5.47. The highest BCUT2D eigenvalue weighted by Gasteiger charge is 2.33. The molecule has 1 heterocycles. The third-order valence-corrected chi connectivity index (χ3v) is 2.65. The molecule has 0 fully saturated rings. The van der Waals surface area contributed by atoms with Gasteiger partial charge in [-0.25, -0.2) is 0 Å². The molecular formula is C12H17N3O2. The molecule has 1 aromatic rings. The fourth-order valence-corrected chi connectivity index (χ4v) is 2.15. The van der Waals surface area contributed by atoms with Crippen LogP contribution >= 0.6 is 0 Å². The van der Waals surface area contributed by atoms with Gasteiger partial charge in [0.15, 0.2) is 0 Å². The lowest BCUT2D eigenvalue weighted by Gasteiger charge is -2.40. The Morgan fingerprint density at radius 1 is 1.53 bits per heavy atom. The van der Waals surface area contributed by atoms with Crippen molar-refractivity contribution in [2.45, 2.75) is 19.4 Å². The fourth-order valence-electron chi connectivity index (χ4n) is 2.15. The lowest BCUT2D eigenvalue weighted by Crippen LogP contribution is -2.49. The highest BCUT2D eigenvalue weighted by molar-refractivity contribution is 5.84. The van der Waals surface area contributed by atoms with Crippen LogP contribution in [-0.2, 0) is 4.79 Å². The van der Waals surface area contributed by atoms with E-state index in [0.717, 1.165) is 5.69 Å². The normalized spacial score (nSPS) is 17.2. The van der Waals surface area contributed by atoms with Crippen molar-refractivity contribution in [2.24, 2.45) is 5.73 Å². The lowest BCUT2D eigenvalue weighted by atomic mass is 10.0. The van der Waals surface area contributed by atoms with Gasteiger partial charge in [0, 0.05) is 0 Å². The minimum atomic E-state index is -0.378. The molecular weight excluding hydrogens is 218 g/mol. The molecule has 4 N–H and O–H groups in total. The smallest absolute Gasteiger partial charge is 0.236 e. The molecule has 0 aromatic heterocycles. The summed E-state index contributed by atoms with van der Waals surface area (Å²) >= 11 is 0. The number of nitrogens with two attached hydrogens (primary N) is 2. The summed E-state index contributed by atoms with van der Waals surface area (Å²) < 4.78 is 5.84. The number of nitrogens with zero attached hydrogens (tertiary/aromatic N) is 1. The van der Waals surface area contributed by atoms with Crippen LogP contribution in [0.4, 0.5) is 11.4 Å². The standard InChI is InChI=1S/C12H17N3O2/c1-12(2)7-15(6-10(14)16)11-8(13)4-3-5-9(11)17-12/h3-5H,6-7,13H2,1-2H3,(H2,14,16). The van der Waals surface area contributed by atoms with Gasteiger partial charge in [-0.15, -0.1) is 0 Å². The second-order valence-electron chi connectivity index (χ2n) is 4.88. The van der Waals surface area contributed by atoms with E-state index >= 15 is 0 Å². The lowest BCUT2D eigenvalue weighted by molar-refractivity contribution is -0.116. The first-order chi connectivity index (χ1) is 7.89. The summed E-state index contributed by atoms with van der Waals surface area (Å²) in [7, 11) is 0. The van der Waals surface area contributed by atoms with Crippen molar-refractivity contribution in [2.75, 3.05) is 23.7 Å². The van der Waals surface area contributed by atoms with Crippen molar-refractivity contribution >= 4 is 17.3 Å². The molecule has 0 unspecified atom stereocenters. The van der Waals surface area contributed by atoms with Crippen molar-refractivity contribution in [3.8, 4) is 5.75 Å². The molecule has 0 saturated heterocycles. The molecule has 17 heavy (non-hydrogen) atoms. The van der Waals surface area contributed by atoms with Crippen molar-refractivity contribution in [1.29, 1.82) is 0 Å². The number of benzene rings is 1. The summed E-state index contributed by atoms with van der Waals surface area (Å²) in [5, 5.41) is 0. The van der Waals surface area contributed by atoms with Gasteiger partial charge in [-0.1, -0.05) is 6.07 Å². The Bertz CT molecular complexity index is 457. The van der Waals surface area contributed by atoms with Gasteiger partial charge in [0.05, 0.1) is 18.8 Å². The van der Waals surface area contributed by atoms with E-state index in [2.05, 4.69) is 0 Å². The zero-order valence-electron chi connectivity index (χ0n) is 10.1. The number of carbonyl (C=O) groups excluding carboxylic acids is 1. The number of rotatable bonds is 2. The highest BCUT2D eigenvalue weighted by atomic mass is 16.5. The minimum absolute atomic E-state index is 0.147. The van der Waals surface area contributed by atoms with E-state index in [9.17, 15) is 4.79 Å². The summed E-state index contributed by atoms with van der Waals surface area (Å²) in [5.41, 5.74) is 12.2. The molecule has 1 aromatic carbocycles. The van der Waals surface area contributed by atoms with Crippen molar-refractivity contribution < 1.29 is 9.53 Å². The van der Waals surface area contributed by atoms with E-state index in [1.165, 1.54) is 0 Å². The Hall–Kier alpha value is -1.91. The van der Waals surface area contributed by atoms with Crippen LogP contribution in [0.15, 0.2) is 18.2 Å². The van der Waals surface area contributed by atoms with Crippen LogP contribution in [0.2, 0.25) is 0 Å². The summed E-state index contributed by atoms with van der Waals surface area (Å²) in [6.07, 6.45) is 0. The Morgan fingerprint density at radius 2 is 2.24 bits per heavy atom. The zero-order valence-corrected chi connectivity index (χ0v) is 10.1. The van der Waals surface area contributed by atoms with Gasteiger partial charge in [-0.3, -0.25) is 4.79 Å². The van der Waals surface area contributed by atoms with Crippen molar-refractivity contribution in [3.05, 3.63) is 18.2 Å². The Morgan fingerprint density at radius 3 is 2.88 bits per heavy atom. The van der Waals surface area contributed by atoms with Gasteiger partial charge in [-0.2, -0.15) is 0 Å². The van der Waals surface area contributed by atoms with Gasteiger partial charge >= 0.3 is 0 Å². The predicted octanol–water partition coefficient (Wildman–Crippen LogP) is 0.732. The van der Waals surface area contributed by atoms with E-state index in [-0.39, 0.29) is 18.1 Å². The van der Waals surface area contributed by atoms with E-state index in [0.29, 0.717) is 18.0 Å². The van der Waals surface area contributed by atoms with E-state index in [1.54, 1.807) is 6.07 Å². The molecule has 2 rings (SSSR count). The maximum Gasteiger partial charge on any atom is 0.236 e. The molecule has 1 amide bonds. The number of nitrogen functional groups attached to an aromatic ring is 1. The van der Waals surface area contributed by atoms with Crippen LogP contribution in [0.1, 0.15) is 13.8 Å². The Kier molecular flexibility index (Phi) is 2.61. The average Bonchev–Trinajstić information content (AvgIpc) is 2.13. The van der Waals surface area contributed by atoms with Crippen LogP contribution < -0.4 is 21.1 Å². The van der Waals surface area contributed by atoms with Gasteiger partial charge in [-0.05, 0) is 26.0 Å². The van der Waals surface area contributed by atoms with Gasteiger partial charge in [0.1, 0.15) is 17.0 Å². The van der Waals surface area contributed by atoms with Crippen molar-refractivity contribution in [1.82, 2.24) is 0 Å². The molecule has 0 aliphatic carbocycles. The third kappa shape index (κ3) is 2.27. The first-order valence-corrected chi connectivity index (χ1v) is 5.50. The number of primary amides is 1. The Balaban J connectivity index is 2.44. The highest BCUT2D eigenvalue weighted by Crippen LogP contribution is 2.40. The number of carbonyl (C=O) groups is 1. The predicted molar refractivity (Wildman–Crippen MR) is 67.0 cm³/mol. The fraction of sp³-hybridized carbons (Fsp3) is 0.417. The second kappa shape index (κ2) is 3.84. The largest absolute Gasteiger partial charge is 0.484 e. The van der Waals surface area contributed by atoms with E-state index in [4.69, 9.17) is 16.2 Å². The first kappa shape index (κ1) is 11.6. The molecule has 92 valence electrons. The number of fused-ring (bicyclic) bond motifs is 1. The number of ether oxygens (including phenoxy) is 1. The molecule has 0 bridgehead atoms. The van der Waals surface area contributed by atoms with Gasteiger partial charge in [0.2, 0.25) is 5.91 Å². The van der Waals surface area contributed by atoms with Crippen LogP contribution in [0.5, 0.6) is 5.75 Å². The van der Waals surface area contributed by atoms with Crippen LogP contribution in [0.25, 0.3) is 0 Å². The number of hydrogen-bond acceptors (Lipinski definition) is 4. The maximum atomic E-state index is 11.1. The average molecular weight is 235 g/mol. The summed E-state index contributed by atoms with van der Waals surface area (Å²) in [6.45, 7) is 4.66. The second-order valence-corrected chi connectivity index (χ2v) is 4.88. The first-order valence-electron chi connectivity index (χ1n) is 5.50. The van der Waals surface area contributed by atoms with E-state index in [1.807, 2.05) is 30.9 Å². The number of para-hydroxylation sites is 1. The number of hydrogen-bond donors (Lipinski definition) is 2. The molecule has 0 atom stereocenters. The molecule has 5 nitrogen and oxygen atoms in total. The molecule has 1 aliphatic rings. The monoisotopic (exact) mass is 235 g/mol. The van der Waals surface area contributed by atoms with Crippen LogP contribution in [0, 0.1) is 0 Å². The topological polar surface area (TPSA) is 81.6 Å². The molecule has 0 spiro atoms. The number of amides is 1.